The lowest BCUT2D eigenvalue weighted by Gasteiger charge is -2.29. The maximum atomic E-state index is 14.0. The van der Waals surface area contributed by atoms with E-state index in [9.17, 15) is 4.79 Å². The van der Waals surface area contributed by atoms with E-state index < -0.39 is 0 Å². The van der Waals surface area contributed by atoms with Crippen molar-refractivity contribution in [1.82, 2.24) is 9.55 Å². The number of nitrogens with zero attached hydrogens (tertiary/aromatic N) is 3. The monoisotopic (exact) mass is 508 g/mol. The summed E-state index contributed by atoms with van der Waals surface area (Å²) in [5, 5.41) is 0. The summed E-state index contributed by atoms with van der Waals surface area (Å²) >= 11 is 0. The molecule has 1 aliphatic rings. The van der Waals surface area contributed by atoms with Crippen molar-refractivity contribution >= 4 is 11.4 Å². The van der Waals surface area contributed by atoms with Crippen LogP contribution in [0.25, 0.3) is 16.8 Å². The van der Waals surface area contributed by atoms with Gasteiger partial charge in [0.05, 0.1) is 24.6 Å². The van der Waals surface area contributed by atoms with Crippen LogP contribution < -0.4 is 16.2 Å². The maximum absolute atomic E-state index is 14.0. The quantitative estimate of drug-likeness (QED) is 0.322. The highest BCUT2D eigenvalue weighted by Gasteiger charge is 2.18. The van der Waals surface area contributed by atoms with Gasteiger partial charge in [-0.1, -0.05) is 62.7 Å². The average molecular weight is 509 g/mol. The van der Waals surface area contributed by atoms with Gasteiger partial charge in [0.2, 0.25) is 0 Å². The van der Waals surface area contributed by atoms with Crippen LogP contribution in [0.5, 0.6) is 0 Å². The number of nitrogen functional groups attached to an aromatic ring is 1. The first kappa shape index (κ1) is 25.7. The molecule has 2 N–H and O–H groups in total. The molecule has 0 aliphatic carbocycles. The Morgan fingerprint density at radius 3 is 2.24 bits per heavy atom. The topological polar surface area (TPSA) is 73.4 Å². The molecule has 1 fully saturated rings. The smallest absolute Gasteiger partial charge is 0.261 e. The fraction of sp³-hybridized carbons (Fsp3) is 0.312. The number of anilines is 2. The number of hydrogen-bond acceptors (Lipinski definition) is 5. The highest BCUT2D eigenvalue weighted by Crippen LogP contribution is 2.26. The predicted molar refractivity (Wildman–Crippen MR) is 155 cm³/mol. The molecule has 3 aromatic carbocycles. The first-order valence-electron chi connectivity index (χ1n) is 13.6. The molecule has 0 unspecified atom stereocenters. The number of nitrogens with two attached hydrogens (primary N) is 1. The predicted octanol–water partition coefficient (Wildman–Crippen LogP) is 5.42. The van der Waals surface area contributed by atoms with Gasteiger partial charge in [0, 0.05) is 48.4 Å². The van der Waals surface area contributed by atoms with Crippen LogP contribution in [0.2, 0.25) is 0 Å². The molecule has 38 heavy (non-hydrogen) atoms. The summed E-state index contributed by atoms with van der Waals surface area (Å²) in [6.07, 6.45) is 2.95. The molecule has 6 heteroatoms. The third-order valence-electron chi connectivity index (χ3n) is 7.23. The highest BCUT2D eigenvalue weighted by atomic mass is 16.5. The van der Waals surface area contributed by atoms with E-state index in [1.54, 1.807) is 4.57 Å². The van der Waals surface area contributed by atoms with E-state index in [1.165, 1.54) is 0 Å². The van der Waals surface area contributed by atoms with Crippen LogP contribution in [0.4, 0.5) is 11.4 Å². The zero-order valence-corrected chi connectivity index (χ0v) is 22.3. The number of hydrogen-bond donors (Lipinski definition) is 1. The fourth-order valence-electron chi connectivity index (χ4n) is 5.17. The third kappa shape index (κ3) is 5.36. The summed E-state index contributed by atoms with van der Waals surface area (Å²) in [6.45, 7) is 7.44. The average Bonchev–Trinajstić information content (AvgIpc) is 2.96. The van der Waals surface area contributed by atoms with Crippen LogP contribution in [0, 0.1) is 0 Å². The van der Waals surface area contributed by atoms with Crippen LogP contribution in [0.1, 0.15) is 42.9 Å². The fourth-order valence-corrected chi connectivity index (χ4v) is 5.17. The van der Waals surface area contributed by atoms with Crippen LogP contribution in [-0.2, 0) is 24.0 Å². The van der Waals surface area contributed by atoms with Crippen molar-refractivity contribution < 1.29 is 4.74 Å². The van der Waals surface area contributed by atoms with Gasteiger partial charge in [-0.25, -0.2) is 4.98 Å². The van der Waals surface area contributed by atoms with Gasteiger partial charge < -0.3 is 15.4 Å². The molecule has 1 aliphatic heterocycles. The van der Waals surface area contributed by atoms with Crippen molar-refractivity contribution in [3.63, 3.8) is 0 Å². The Kier molecular flexibility index (Phi) is 7.89. The Bertz CT molecular complexity index is 1440. The lowest BCUT2D eigenvalue weighted by Crippen LogP contribution is -2.36. The lowest BCUT2D eigenvalue weighted by molar-refractivity contribution is 0.122. The van der Waals surface area contributed by atoms with Crippen LogP contribution in [-0.4, -0.2) is 35.9 Å². The van der Waals surface area contributed by atoms with Crippen molar-refractivity contribution in [2.75, 3.05) is 36.9 Å². The van der Waals surface area contributed by atoms with Gasteiger partial charge in [0.1, 0.15) is 5.82 Å². The summed E-state index contributed by atoms with van der Waals surface area (Å²) in [6, 6.07) is 24.5. The van der Waals surface area contributed by atoms with Crippen molar-refractivity contribution in [3.05, 3.63) is 106 Å². The molecule has 1 saturated heterocycles. The molecule has 0 amide bonds. The summed E-state index contributed by atoms with van der Waals surface area (Å²) < 4.78 is 7.29. The Morgan fingerprint density at radius 1 is 0.895 bits per heavy atom. The second kappa shape index (κ2) is 11.7. The number of benzene rings is 3. The number of aryl methyl sites for hydroxylation is 2. The van der Waals surface area contributed by atoms with E-state index in [-0.39, 0.29) is 5.56 Å². The van der Waals surface area contributed by atoms with Gasteiger partial charge in [0.15, 0.2) is 0 Å². The molecule has 0 radical (unpaired) electrons. The zero-order chi connectivity index (χ0) is 26.5. The highest BCUT2D eigenvalue weighted by molar-refractivity contribution is 5.76. The molecular weight excluding hydrogens is 472 g/mol. The van der Waals surface area contributed by atoms with Crippen molar-refractivity contribution in [1.29, 1.82) is 0 Å². The normalized spacial score (nSPS) is 13.6. The Hall–Kier alpha value is -3.90. The van der Waals surface area contributed by atoms with E-state index in [0.717, 1.165) is 90.0 Å². The van der Waals surface area contributed by atoms with E-state index in [0.29, 0.717) is 12.8 Å². The number of para-hydroxylation sites is 1. The summed E-state index contributed by atoms with van der Waals surface area (Å²) in [5.74, 6) is 0.802. The third-order valence-corrected chi connectivity index (χ3v) is 7.23. The van der Waals surface area contributed by atoms with E-state index in [2.05, 4.69) is 55.1 Å². The second-order valence-corrected chi connectivity index (χ2v) is 9.77. The van der Waals surface area contributed by atoms with Gasteiger partial charge in [-0.15, -0.1) is 0 Å². The summed E-state index contributed by atoms with van der Waals surface area (Å²) in [5.41, 5.74) is 13.8. The molecule has 1 aromatic heterocycles. The largest absolute Gasteiger partial charge is 0.398 e. The maximum Gasteiger partial charge on any atom is 0.261 e. The Morgan fingerprint density at radius 2 is 1.58 bits per heavy atom. The van der Waals surface area contributed by atoms with Crippen LogP contribution in [0.3, 0.4) is 0 Å². The summed E-state index contributed by atoms with van der Waals surface area (Å²) in [4.78, 5) is 21.4. The van der Waals surface area contributed by atoms with Gasteiger partial charge in [0.25, 0.3) is 5.56 Å². The lowest BCUT2D eigenvalue weighted by atomic mass is 9.98. The minimum atomic E-state index is 0.0239. The van der Waals surface area contributed by atoms with Gasteiger partial charge >= 0.3 is 0 Å². The van der Waals surface area contributed by atoms with Crippen molar-refractivity contribution in [3.8, 4) is 16.8 Å². The van der Waals surface area contributed by atoms with Crippen molar-refractivity contribution in [2.24, 2.45) is 0 Å². The molecule has 6 nitrogen and oxygen atoms in total. The molecular formula is C32H36N4O2. The van der Waals surface area contributed by atoms with Gasteiger partial charge in [-0.05, 0) is 47.9 Å². The minimum Gasteiger partial charge on any atom is -0.398 e. The van der Waals surface area contributed by atoms with Gasteiger partial charge in [-0.2, -0.15) is 0 Å². The molecule has 0 atom stereocenters. The van der Waals surface area contributed by atoms with Gasteiger partial charge in [-0.3, -0.25) is 9.36 Å². The van der Waals surface area contributed by atoms with E-state index >= 15 is 0 Å². The van der Waals surface area contributed by atoms with Crippen molar-refractivity contribution in [2.45, 2.75) is 39.5 Å². The molecule has 0 saturated carbocycles. The standard InChI is InChI=1S/C32H36N4O2/c1-3-7-30-28(22-23-10-12-24(13-11-23)27-8-5-6-9-29(27)33)32(37)36(31(4-2)34-30)26-16-14-25(15-17-26)35-18-20-38-21-19-35/h5-6,8-17H,3-4,7,18-22,33H2,1-2H3. The van der Waals surface area contributed by atoms with Crippen LogP contribution in [0.15, 0.2) is 77.6 Å². The van der Waals surface area contributed by atoms with E-state index in [4.69, 9.17) is 15.5 Å². The molecule has 196 valence electrons. The first-order chi connectivity index (χ1) is 18.6. The molecule has 2 heterocycles. The first-order valence-corrected chi connectivity index (χ1v) is 13.6. The number of rotatable bonds is 8. The molecule has 5 rings (SSSR count). The molecule has 0 spiro atoms. The second-order valence-electron chi connectivity index (χ2n) is 9.77. The number of aromatic nitrogens is 2. The van der Waals surface area contributed by atoms with E-state index in [1.807, 2.05) is 36.4 Å². The SMILES string of the molecule is CCCc1nc(CC)n(-c2ccc(N3CCOCC3)cc2)c(=O)c1Cc1ccc(-c2ccccc2N)cc1. The number of morpholine rings is 1. The Labute approximate surface area is 224 Å². The minimum absolute atomic E-state index is 0.0239. The molecule has 0 bridgehead atoms. The summed E-state index contributed by atoms with van der Waals surface area (Å²) in [7, 11) is 0. The number of ether oxygens (including phenoxy) is 1. The Balaban J connectivity index is 1.49. The zero-order valence-electron chi connectivity index (χ0n) is 22.3. The van der Waals surface area contributed by atoms with Crippen LogP contribution >= 0.6 is 0 Å². The molecule has 4 aromatic rings.